The third-order valence-electron chi connectivity index (χ3n) is 3.20. The van der Waals surface area contributed by atoms with Crippen molar-refractivity contribution in [3.8, 4) is 0 Å². The van der Waals surface area contributed by atoms with Crippen LogP contribution in [0.25, 0.3) is 0 Å². The SMILES string of the molecule is CC1(C)CN(C(=O)C2CCCNC2)C1. The summed E-state index contributed by atoms with van der Waals surface area (Å²) in [4.78, 5) is 14.0. The maximum atomic E-state index is 12.0. The van der Waals surface area contributed by atoms with Gasteiger partial charge < -0.3 is 10.2 Å². The van der Waals surface area contributed by atoms with Crippen LogP contribution in [0.5, 0.6) is 0 Å². The van der Waals surface area contributed by atoms with Gasteiger partial charge in [-0.2, -0.15) is 0 Å². The lowest BCUT2D eigenvalue weighted by atomic mass is 9.83. The molecule has 1 unspecified atom stereocenters. The van der Waals surface area contributed by atoms with E-state index in [1.807, 2.05) is 4.90 Å². The van der Waals surface area contributed by atoms with E-state index in [-0.39, 0.29) is 5.92 Å². The van der Waals surface area contributed by atoms with Crippen molar-refractivity contribution < 1.29 is 4.79 Å². The summed E-state index contributed by atoms with van der Waals surface area (Å²) >= 11 is 0. The molecule has 1 atom stereocenters. The normalized spacial score (nSPS) is 31.0. The zero-order valence-electron chi connectivity index (χ0n) is 9.18. The molecule has 3 heteroatoms. The molecule has 3 nitrogen and oxygen atoms in total. The number of carbonyl (C=O) groups excluding carboxylic acids is 1. The molecule has 2 saturated heterocycles. The molecule has 0 spiro atoms. The van der Waals surface area contributed by atoms with Crippen molar-refractivity contribution in [1.82, 2.24) is 10.2 Å². The predicted octanol–water partition coefficient (Wildman–Crippen LogP) is 0.854. The minimum atomic E-state index is 0.250. The first-order valence-electron chi connectivity index (χ1n) is 5.58. The van der Waals surface area contributed by atoms with E-state index in [9.17, 15) is 4.79 Å². The Hall–Kier alpha value is -0.570. The van der Waals surface area contributed by atoms with Crippen molar-refractivity contribution in [3.05, 3.63) is 0 Å². The summed E-state index contributed by atoms with van der Waals surface area (Å²) in [5.74, 6) is 0.622. The maximum Gasteiger partial charge on any atom is 0.227 e. The summed E-state index contributed by atoms with van der Waals surface area (Å²) in [6.07, 6.45) is 2.22. The summed E-state index contributed by atoms with van der Waals surface area (Å²) in [6.45, 7) is 8.29. The number of piperidine rings is 1. The van der Waals surface area contributed by atoms with Gasteiger partial charge in [0.05, 0.1) is 5.92 Å². The topological polar surface area (TPSA) is 32.3 Å². The van der Waals surface area contributed by atoms with Crippen LogP contribution in [-0.2, 0) is 4.79 Å². The van der Waals surface area contributed by atoms with Gasteiger partial charge >= 0.3 is 0 Å². The van der Waals surface area contributed by atoms with Gasteiger partial charge in [-0.1, -0.05) is 13.8 Å². The molecule has 2 aliphatic rings. The highest BCUT2D eigenvalue weighted by molar-refractivity contribution is 5.80. The molecule has 0 aliphatic carbocycles. The maximum absolute atomic E-state index is 12.0. The van der Waals surface area contributed by atoms with E-state index in [0.717, 1.165) is 39.0 Å². The van der Waals surface area contributed by atoms with Gasteiger partial charge in [0.15, 0.2) is 0 Å². The monoisotopic (exact) mass is 196 g/mol. The molecule has 0 bridgehead atoms. The average Bonchev–Trinajstić information content (AvgIpc) is 2.14. The van der Waals surface area contributed by atoms with Gasteiger partial charge in [0.1, 0.15) is 0 Å². The van der Waals surface area contributed by atoms with Crippen LogP contribution in [0.2, 0.25) is 0 Å². The second-order valence-corrected chi connectivity index (χ2v) is 5.40. The minimum absolute atomic E-state index is 0.250. The number of carbonyl (C=O) groups is 1. The summed E-state index contributed by atoms with van der Waals surface area (Å²) < 4.78 is 0. The second-order valence-electron chi connectivity index (χ2n) is 5.40. The Morgan fingerprint density at radius 2 is 2.14 bits per heavy atom. The first-order chi connectivity index (χ1) is 6.58. The molecular weight excluding hydrogens is 176 g/mol. The van der Waals surface area contributed by atoms with E-state index in [4.69, 9.17) is 0 Å². The van der Waals surface area contributed by atoms with Gasteiger partial charge in [-0.25, -0.2) is 0 Å². The molecule has 0 aromatic rings. The smallest absolute Gasteiger partial charge is 0.227 e. The first kappa shape index (κ1) is 9.97. The average molecular weight is 196 g/mol. The Labute approximate surface area is 85.8 Å². The lowest BCUT2D eigenvalue weighted by Crippen LogP contribution is -2.58. The quantitative estimate of drug-likeness (QED) is 0.674. The van der Waals surface area contributed by atoms with Gasteiger partial charge in [0.2, 0.25) is 5.91 Å². The number of hydrogen-bond donors (Lipinski definition) is 1. The number of hydrogen-bond acceptors (Lipinski definition) is 2. The zero-order chi connectivity index (χ0) is 10.2. The van der Waals surface area contributed by atoms with Gasteiger partial charge in [0.25, 0.3) is 0 Å². The van der Waals surface area contributed by atoms with Gasteiger partial charge in [-0.05, 0) is 24.8 Å². The largest absolute Gasteiger partial charge is 0.341 e. The number of nitrogens with one attached hydrogen (secondary N) is 1. The summed E-state index contributed by atoms with van der Waals surface area (Å²) in [5, 5.41) is 3.29. The highest BCUT2D eigenvalue weighted by Gasteiger charge is 2.39. The number of likely N-dealkylation sites (tertiary alicyclic amines) is 1. The van der Waals surface area contributed by atoms with Crippen molar-refractivity contribution in [1.29, 1.82) is 0 Å². The number of nitrogens with zero attached hydrogens (tertiary/aromatic N) is 1. The van der Waals surface area contributed by atoms with Crippen LogP contribution in [0.4, 0.5) is 0 Å². The Kier molecular flexibility index (Phi) is 2.52. The molecule has 80 valence electrons. The predicted molar refractivity (Wildman–Crippen MR) is 56.0 cm³/mol. The summed E-state index contributed by atoms with van der Waals surface area (Å²) in [5.41, 5.74) is 0.359. The zero-order valence-corrected chi connectivity index (χ0v) is 9.18. The van der Waals surface area contributed by atoms with E-state index in [2.05, 4.69) is 19.2 Å². The molecule has 14 heavy (non-hydrogen) atoms. The fraction of sp³-hybridized carbons (Fsp3) is 0.909. The number of amides is 1. The van der Waals surface area contributed by atoms with Crippen molar-refractivity contribution in [2.45, 2.75) is 26.7 Å². The molecule has 0 saturated carbocycles. The molecule has 2 fully saturated rings. The fourth-order valence-corrected chi connectivity index (χ4v) is 2.46. The Bertz CT molecular complexity index is 223. The fourth-order valence-electron chi connectivity index (χ4n) is 2.46. The second kappa shape index (κ2) is 3.54. The third kappa shape index (κ3) is 1.92. The molecule has 2 rings (SSSR count). The van der Waals surface area contributed by atoms with E-state index in [1.165, 1.54) is 0 Å². The Balaban J connectivity index is 1.84. The molecular formula is C11H20N2O. The summed E-state index contributed by atoms with van der Waals surface area (Å²) in [7, 11) is 0. The molecule has 1 amide bonds. The molecule has 2 aliphatic heterocycles. The van der Waals surface area contributed by atoms with E-state index < -0.39 is 0 Å². The van der Waals surface area contributed by atoms with Crippen LogP contribution in [0, 0.1) is 11.3 Å². The third-order valence-corrected chi connectivity index (χ3v) is 3.20. The number of rotatable bonds is 1. The van der Waals surface area contributed by atoms with E-state index >= 15 is 0 Å². The van der Waals surface area contributed by atoms with Crippen LogP contribution in [0.3, 0.4) is 0 Å². The van der Waals surface area contributed by atoms with Crippen LogP contribution in [0.15, 0.2) is 0 Å². The first-order valence-corrected chi connectivity index (χ1v) is 5.58. The Morgan fingerprint density at radius 3 is 2.64 bits per heavy atom. The highest BCUT2D eigenvalue weighted by Crippen LogP contribution is 2.30. The van der Waals surface area contributed by atoms with Crippen molar-refractivity contribution >= 4 is 5.91 Å². The van der Waals surface area contributed by atoms with Gasteiger partial charge in [-0.15, -0.1) is 0 Å². The van der Waals surface area contributed by atoms with E-state index in [0.29, 0.717) is 11.3 Å². The molecule has 0 aromatic heterocycles. The van der Waals surface area contributed by atoms with Crippen LogP contribution >= 0.6 is 0 Å². The Morgan fingerprint density at radius 1 is 1.43 bits per heavy atom. The molecule has 0 radical (unpaired) electrons. The van der Waals surface area contributed by atoms with Crippen molar-refractivity contribution in [3.63, 3.8) is 0 Å². The molecule has 2 heterocycles. The molecule has 0 aromatic carbocycles. The van der Waals surface area contributed by atoms with Gasteiger partial charge in [0, 0.05) is 19.6 Å². The standard InChI is InChI=1S/C11H20N2O/c1-11(2)7-13(8-11)10(14)9-4-3-5-12-6-9/h9,12H,3-8H2,1-2H3. The van der Waals surface area contributed by atoms with Crippen LogP contribution in [-0.4, -0.2) is 37.0 Å². The molecule has 1 N–H and O–H groups in total. The lowest BCUT2D eigenvalue weighted by Gasteiger charge is -2.47. The van der Waals surface area contributed by atoms with E-state index in [1.54, 1.807) is 0 Å². The summed E-state index contributed by atoms with van der Waals surface area (Å²) in [6, 6.07) is 0. The minimum Gasteiger partial charge on any atom is -0.341 e. The van der Waals surface area contributed by atoms with Gasteiger partial charge in [-0.3, -0.25) is 4.79 Å². The highest BCUT2D eigenvalue weighted by atomic mass is 16.2. The van der Waals surface area contributed by atoms with Crippen molar-refractivity contribution in [2.24, 2.45) is 11.3 Å². The van der Waals surface area contributed by atoms with Crippen LogP contribution < -0.4 is 5.32 Å². The van der Waals surface area contributed by atoms with Crippen molar-refractivity contribution in [2.75, 3.05) is 26.2 Å². The lowest BCUT2D eigenvalue weighted by molar-refractivity contribution is -0.146. The van der Waals surface area contributed by atoms with Crippen LogP contribution in [0.1, 0.15) is 26.7 Å².